The van der Waals surface area contributed by atoms with E-state index >= 15 is 0 Å². The van der Waals surface area contributed by atoms with Gasteiger partial charge < -0.3 is 9.64 Å². The number of sulfonamides is 1. The number of nitrogens with one attached hydrogen (secondary N) is 1. The van der Waals surface area contributed by atoms with Gasteiger partial charge in [0.25, 0.3) is 10.0 Å². The maximum Gasteiger partial charge on any atom is 0.261 e. The highest BCUT2D eigenvalue weighted by Crippen LogP contribution is 2.30. The summed E-state index contributed by atoms with van der Waals surface area (Å²) in [7, 11) is -3.62. The first-order chi connectivity index (χ1) is 11.5. The van der Waals surface area contributed by atoms with Gasteiger partial charge in [-0.25, -0.2) is 8.42 Å². The van der Waals surface area contributed by atoms with Crippen LogP contribution in [0, 0.1) is 13.8 Å². The molecule has 24 heavy (non-hydrogen) atoms. The smallest absolute Gasteiger partial charge is 0.261 e. The van der Waals surface area contributed by atoms with E-state index in [2.05, 4.69) is 9.62 Å². The molecule has 2 aromatic carbocycles. The van der Waals surface area contributed by atoms with Crippen LogP contribution in [0.5, 0.6) is 0 Å². The third-order valence-corrected chi connectivity index (χ3v) is 5.46. The van der Waals surface area contributed by atoms with Gasteiger partial charge in [0.15, 0.2) is 0 Å². The summed E-state index contributed by atoms with van der Waals surface area (Å²) in [4.78, 5) is 2.41. The van der Waals surface area contributed by atoms with Crippen LogP contribution in [0.2, 0.25) is 0 Å². The zero-order valence-corrected chi connectivity index (χ0v) is 14.8. The molecule has 1 N–H and O–H groups in total. The van der Waals surface area contributed by atoms with Crippen LogP contribution >= 0.6 is 0 Å². The summed E-state index contributed by atoms with van der Waals surface area (Å²) in [6.45, 7) is 6.69. The van der Waals surface area contributed by atoms with Gasteiger partial charge in [-0.1, -0.05) is 23.8 Å². The molecular weight excluding hydrogens is 324 g/mol. The lowest BCUT2D eigenvalue weighted by molar-refractivity contribution is 0.123. The van der Waals surface area contributed by atoms with Crippen molar-refractivity contribution in [2.24, 2.45) is 0 Å². The van der Waals surface area contributed by atoms with Crippen LogP contribution in [0.1, 0.15) is 11.1 Å². The zero-order valence-electron chi connectivity index (χ0n) is 14.0. The molecule has 0 spiro atoms. The Hall–Kier alpha value is -2.05. The van der Waals surface area contributed by atoms with Crippen molar-refractivity contribution in [3.63, 3.8) is 0 Å². The number of hydrogen-bond donors (Lipinski definition) is 1. The molecule has 3 rings (SSSR count). The molecule has 0 amide bonds. The number of rotatable bonds is 4. The number of benzene rings is 2. The Morgan fingerprint density at radius 2 is 1.58 bits per heavy atom. The molecule has 1 heterocycles. The fourth-order valence-corrected chi connectivity index (χ4v) is 3.80. The third-order valence-electron chi connectivity index (χ3n) is 4.08. The zero-order chi connectivity index (χ0) is 17.2. The number of hydrogen-bond acceptors (Lipinski definition) is 4. The molecule has 1 fully saturated rings. The van der Waals surface area contributed by atoms with E-state index in [1.807, 2.05) is 32.0 Å². The van der Waals surface area contributed by atoms with Gasteiger partial charge in [-0.3, -0.25) is 4.72 Å². The Balaban J connectivity index is 1.93. The maximum absolute atomic E-state index is 12.7. The molecular formula is C18H22N2O3S. The van der Waals surface area contributed by atoms with E-state index in [4.69, 9.17) is 4.74 Å². The Morgan fingerprint density at radius 1 is 0.958 bits per heavy atom. The summed E-state index contributed by atoms with van der Waals surface area (Å²) in [5.74, 6) is 0. The molecule has 1 aliphatic rings. The number of morpholine rings is 1. The van der Waals surface area contributed by atoms with E-state index in [1.54, 1.807) is 24.3 Å². The van der Waals surface area contributed by atoms with Crippen molar-refractivity contribution in [1.29, 1.82) is 0 Å². The van der Waals surface area contributed by atoms with Crippen LogP contribution in [-0.2, 0) is 14.8 Å². The molecule has 2 aromatic rings. The number of anilines is 2. The van der Waals surface area contributed by atoms with E-state index < -0.39 is 10.0 Å². The summed E-state index contributed by atoms with van der Waals surface area (Å²) >= 11 is 0. The number of aryl methyl sites for hydroxylation is 2. The predicted octanol–water partition coefficient (Wildman–Crippen LogP) is 2.94. The standard InChI is InChI=1S/C18H22N2O3S/c1-14-3-6-16(7-4-14)24(21,22)19-17-13-15(2)5-8-18(17)20-9-11-23-12-10-20/h3-8,13,19H,9-12H2,1-2H3. The van der Waals surface area contributed by atoms with Crippen molar-refractivity contribution in [1.82, 2.24) is 0 Å². The third kappa shape index (κ3) is 3.71. The van der Waals surface area contributed by atoms with E-state index in [1.165, 1.54) is 0 Å². The van der Waals surface area contributed by atoms with Crippen molar-refractivity contribution >= 4 is 21.4 Å². The Kier molecular flexibility index (Phi) is 4.78. The Bertz CT molecular complexity index is 811. The Morgan fingerprint density at radius 3 is 2.25 bits per heavy atom. The normalized spacial score (nSPS) is 15.3. The summed E-state index contributed by atoms with van der Waals surface area (Å²) in [5, 5.41) is 0. The van der Waals surface area contributed by atoms with Crippen molar-refractivity contribution in [2.75, 3.05) is 35.9 Å². The van der Waals surface area contributed by atoms with E-state index in [0.29, 0.717) is 18.9 Å². The second-order valence-corrected chi connectivity index (χ2v) is 7.72. The number of ether oxygens (including phenoxy) is 1. The minimum atomic E-state index is -3.62. The molecule has 128 valence electrons. The van der Waals surface area contributed by atoms with Gasteiger partial charge in [0, 0.05) is 13.1 Å². The average Bonchev–Trinajstić information content (AvgIpc) is 2.56. The highest BCUT2D eigenvalue weighted by atomic mass is 32.2. The van der Waals surface area contributed by atoms with Crippen molar-refractivity contribution in [3.8, 4) is 0 Å². The molecule has 0 aliphatic carbocycles. The van der Waals surface area contributed by atoms with Gasteiger partial charge >= 0.3 is 0 Å². The molecule has 5 nitrogen and oxygen atoms in total. The Labute approximate surface area is 143 Å². The van der Waals surface area contributed by atoms with Crippen LogP contribution in [0.4, 0.5) is 11.4 Å². The highest BCUT2D eigenvalue weighted by molar-refractivity contribution is 7.92. The monoisotopic (exact) mass is 346 g/mol. The fraction of sp³-hybridized carbons (Fsp3) is 0.333. The van der Waals surface area contributed by atoms with Gasteiger partial charge in [-0.15, -0.1) is 0 Å². The lowest BCUT2D eigenvalue weighted by Crippen LogP contribution is -2.36. The van der Waals surface area contributed by atoms with E-state index in [0.717, 1.165) is 29.9 Å². The average molecular weight is 346 g/mol. The quantitative estimate of drug-likeness (QED) is 0.925. The molecule has 6 heteroatoms. The van der Waals surface area contributed by atoms with Gasteiger partial charge in [0.2, 0.25) is 0 Å². The lowest BCUT2D eigenvalue weighted by Gasteiger charge is -2.30. The second-order valence-electron chi connectivity index (χ2n) is 6.04. The van der Waals surface area contributed by atoms with Crippen LogP contribution in [-0.4, -0.2) is 34.7 Å². The van der Waals surface area contributed by atoms with Crippen molar-refractivity contribution in [3.05, 3.63) is 53.6 Å². The minimum absolute atomic E-state index is 0.266. The largest absolute Gasteiger partial charge is 0.378 e. The van der Waals surface area contributed by atoms with E-state index in [9.17, 15) is 8.42 Å². The highest BCUT2D eigenvalue weighted by Gasteiger charge is 2.20. The van der Waals surface area contributed by atoms with Gasteiger partial charge in [0.05, 0.1) is 29.5 Å². The summed E-state index contributed by atoms with van der Waals surface area (Å²) in [5.41, 5.74) is 3.53. The summed E-state index contributed by atoms with van der Waals surface area (Å²) in [6, 6.07) is 12.7. The first kappa shape index (κ1) is 16.8. The first-order valence-electron chi connectivity index (χ1n) is 7.98. The fourth-order valence-electron chi connectivity index (χ4n) is 2.73. The predicted molar refractivity (Wildman–Crippen MR) is 96.2 cm³/mol. The SMILES string of the molecule is Cc1ccc(S(=O)(=O)Nc2cc(C)ccc2N2CCOCC2)cc1. The number of nitrogens with zero attached hydrogens (tertiary/aromatic N) is 1. The summed E-state index contributed by atoms with van der Waals surface area (Å²) < 4.78 is 33.5. The second kappa shape index (κ2) is 6.83. The lowest BCUT2D eigenvalue weighted by atomic mass is 10.1. The molecule has 0 bridgehead atoms. The molecule has 1 aliphatic heterocycles. The van der Waals surface area contributed by atoms with Crippen LogP contribution in [0.3, 0.4) is 0 Å². The van der Waals surface area contributed by atoms with Gasteiger partial charge in [-0.05, 0) is 43.7 Å². The van der Waals surface area contributed by atoms with Crippen molar-refractivity contribution in [2.45, 2.75) is 18.7 Å². The molecule has 1 saturated heterocycles. The van der Waals surface area contributed by atoms with Gasteiger partial charge in [0.1, 0.15) is 0 Å². The van der Waals surface area contributed by atoms with Crippen LogP contribution in [0.25, 0.3) is 0 Å². The molecule has 0 atom stereocenters. The van der Waals surface area contributed by atoms with Crippen LogP contribution < -0.4 is 9.62 Å². The molecule has 0 saturated carbocycles. The van der Waals surface area contributed by atoms with Crippen LogP contribution in [0.15, 0.2) is 47.4 Å². The van der Waals surface area contributed by atoms with Crippen molar-refractivity contribution < 1.29 is 13.2 Å². The van der Waals surface area contributed by atoms with E-state index in [-0.39, 0.29) is 4.90 Å². The molecule has 0 radical (unpaired) electrons. The first-order valence-corrected chi connectivity index (χ1v) is 9.47. The van der Waals surface area contributed by atoms with Gasteiger partial charge in [-0.2, -0.15) is 0 Å². The topological polar surface area (TPSA) is 58.6 Å². The maximum atomic E-state index is 12.7. The molecule has 0 unspecified atom stereocenters. The molecule has 0 aromatic heterocycles. The minimum Gasteiger partial charge on any atom is -0.378 e. The summed E-state index contributed by atoms with van der Waals surface area (Å²) in [6.07, 6.45) is 0.